The standard InChI is InChI=1S/C14H12FN5O2S/c15-10-3-1-4-11(7-10)16-13(21)9-23-14-17-18-19-20(14)8-12-5-2-6-22-12/h1-7H,8-9H2,(H,16,21). The number of thioether (sulfide) groups is 1. The highest BCUT2D eigenvalue weighted by molar-refractivity contribution is 7.99. The van der Waals surface area contributed by atoms with Gasteiger partial charge >= 0.3 is 0 Å². The molecule has 0 spiro atoms. The number of amides is 1. The van der Waals surface area contributed by atoms with Crippen LogP contribution in [-0.2, 0) is 11.3 Å². The zero-order valence-corrected chi connectivity index (χ0v) is 12.7. The lowest BCUT2D eigenvalue weighted by Gasteiger charge is -2.05. The van der Waals surface area contributed by atoms with Gasteiger partial charge in [-0.3, -0.25) is 4.79 Å². The predicted molar refractivity (Wildman–Crippen MR) is 81.4 cm³/mol. The first-order valence-electron chi connectivity index (χ1n) is 6.67. The van der Waals surface area contributed by atoms with Gasteiger partial charge in [0.25, 0.3) is 0 Å². The van der Waals surface area contributed by atoms with E-state index in [1.54, 1.807) is 23.1 Å². The van der Waals surface area contributed by atoms with Gasteiger partial charge in [-0.05, 0) is 40.8 Å². The Morgan fingerprint density at radius 2 is 2.26 bits per heavy atom. The molecule has 0 bridgehead atoms. The molecule has 118 valence electrons. The topological polar surface area (TPSA) is 85.8 Å². The number of hydrogen-bond donors (Lipinski definition) is 1. The van der Waals surface area contributed by atoms with Crippen molar-refractivity contribution < 1.29 is 13.6 Å². The highest BCUT2D eigenvalue weighted by Crippen LogP contribution is 2.16. The first-order chi connectivity index (χ1) is 11.2. The van der Waals surface area contributed by atoms with Crippen molar-refractivity contribution in [2.24, 2.45) is 0 Å². The lowest BCUT2D eigenvalue weighted by atomic mass is 10.3. The molecule has 0 unspecified atom stereocenters. The Morgan fingerprint density at radius 1 is 1.35 bits per heavy atom. The molecule has 0 fully saturated rings. The maximum absolute atomic E-state index is 13.1. The van der Waals surface area contributed by atoms with Gasteiger partial charge in [0.2, 0.25) is 11.1 Å². The SMILES string of the molecule is O=C(CSc1nnnn1Cc1ccco1)Nc1cccc(F)c1. The smallest absolute Gasteiger partial charge is 0.234 e. The Hall–Kier alpha value is -2.68. The normalized spacial score (nSPS) is 10.7. The third kappa shape index (κ3) is 4.16. The summed E-state index contributed by atoms with van der Waals surface area (Å²) in [5, 5.41) is 14.4. The van der Waals surface area contributed by atoms with E-state index in [1.165, 1.54) is 30.0 Å². The van der Waals surface area contributed by atoms with Gasteiger partial charge in [0, 0.05) is 5.69 Å². The van der Waals surface area contributed by atoms with Crippen molar-refractivity contribution in [1.29, 1.82) is 0 Å². The number of aromatic nitrogens is 4. The third-order valence-corrected chi connectivity index (χ3v) is 3.78. The minimum absolute atomic E-state index is 0.106. The quantitative estimate of drug-likeness (QED) is 0.696. The summed E-state index contributed by atoms with van der Waals surface area (Å²) in [7, 11) is 0. The molecular weight excluding hydrogens is 321 g/mol. The number of rotatable bonds is 6. The van der Waals surface area contributed by atoms with E-state index in [4.69, 9.17) is 4.42 Å². The van der Waals surface area contributed by atoms with Crippen LogP contribution in [-0.4, -0.2) is 31.9 Å². The first kappa shape index (κ1) is 15.2. The molecule has 0 saturated carbocycles. The van der Waals surface area contributed by atoms with Crippen LogP contribution in [0.2, 0.25) is 0 Å². The van der Waals surface area contributed by atoms with Gasteiger partial charge < -0.3 is 9.73 Å². The lowest BCUT2D eigenvalue weighted by Crippen LogP contribution is -2.15. The summed E-state index contributed by atoms with van der Waals surface area (Å²) in [6.07, 6.45) is 1.57. The number of furan rings is 1. The van der Waals surface area contributed by atoms with Crippen LogP contribution in [0.1, 0.15) is 5.76 Å². The number of halogens is 1. The fourth-order valence-corrected chi connectivity index (χ4v) is 2.52. The fraction of sp³-hybridized carbons (Fsp3) is 0.143. The van der Waals surface area contributed by atoms with Crippen molar-refractivity contribution in [3.63, 3.8) is 0 Å². The van der Waals surface area contributed by atoms with Gasteiger partial charge in [-0.1, -0.05) is 17.8 Å². The molecule has 2 heterocycles. The Balaban J connectivity index is 1.56. The molecule has 0 aliphatic rings. The average molecular weight is 333 g/mol. The third-order valence-electron chi connectivity index (χ3n) is 2.83. The van der Waals surface area contributed by atoms with Crippen LogP contribution in [0.15, 0.2) is 52.2 Å². The molecule has 0 aliphatic carbocycles. The lowest BCUT2D eigenvalue weighted by molar-refractivity contribution is -0.113. The summed E-state index contributed by atoms with van der Waals surface area (Å²) < 4.78 is 19.8. The molecule has 1 N–H and O–H groups in total. The van der Waals surface area contributed by atoms with Gasteiger partial charge in [0.05, 0.1) is 12.0 Å². The molecule has 1 aromatic carbocycles. The molecule has 1 amide bonds. The van der Waals surface area contributed by atoms with E-state index in [9.17, 15) is 9.18 Å². The predicted octanol–water partition coefficient (Wildman–Crippen LogP) is 2.18. The molecule has 7 nitrogen and oxygen atoms in total. The highest BCUT2D eigenvalue weighted by Gasteiger charge is 2.11. The van der Waals surface area contributed by atoms with Gasteiger partial charge in [-0.15, -0.1) is 5.10 Å². The largest absolute Gasteiger partial charge is 0.467 e. The molecule has 0 aliphatic heterocycles. The van der Waals surface area contributed by atoms with E-state index in [1.807, 2.05) is 6.07 Å². The number of hydrogen-bond acceptors (Lipinski definition) is 6. The number of benzene rings is 1. The summed E-state index contributed by atoms with van der Waals surface area (Å²) in [5.41, 5.74) is 0.408. The van der Waals surface area contributed by atoms with Crippen molar-refractivity contribution >= 4 is 23.4 Å². The van der Waals surface area contributed by atoms with Gasteiger partial charge in [0.15, 0.2) is 0 Å². The van der Waals surface area contributed by atoms with Crippen LogP contribution < -0.4 is 5.32 Å². The van der Waals surface area contributed by atoms with Crippen molar-refractivity contribution in [2.75, 3.05) is 11.1 Å². The molecular formula is C14H12FN5O2S. The summed E-state index contributed by atoms with van der Waals surface area (Å²) in [6.45, 7) is 0.383. The second-order valence-electron chi connectivity index (χ2n) is 4.55. The molecule has 0 atom stereocenters. The monoisotopic (exact) mass is 333 g/mol. The van der Waals surface area contributed by atoms with Gasteiger partial charge in [-0.2, -0.15) is 0 Å². The minimum atomic E-state index is -0.405. The van der Waals surface area contributed by atoms with E-state index in [-0.39, 0.29) is 11.7 Å². The van der Waals surface area contributed by atoms with Crippen LogP contribution in [0, 0.1) is 5.82 Å². The number of anilines is 1. The zero-order chi connectivity index (χ0) is 16.1. The van der Waals surface area contributed by atoms with E-state index in [0.29, 0.717) is 23.1 Å². The van der Waals surface area contributed by atoms with E-state index < -0.39 is 5.82 Å². The number of tetrazole rings is 1. The molecule has 0 radical (unpaired) electrons. The maximum Gasteiger partial charge on any atom is 0.234 e. The summed E-state index contributed by atoms with van der Waals surface area (Å²) in [4.78, 5) is 11.9. The Labute approximate surface area is 134 Å². The van der Waals surface area contributed by atoms with Gasteiger partial charge in [0.1, 0.15) is 18.1 Å². The second kappa shape index (κ2) is 7.05. The first-order valence-corrected chi connectivity index (χ1v) is 7.66. The minimum Gasteiger partial charge on any atom is -0.467 e. The highest BCUT2D eigenvalue weighted by atomic mass is 32.2. The zero-order valence-electron chi connectivity index (χ0n) is 11.8. The number of carbonyl (C=O) groups excluding carboxylic acids is 1. The van der Waals surface area contributed by atoms with Crippen molar-refractivity contribution in [2.45, 2.75) is 11.7 Å². The van der Waals surface area contributed by atoms with Crippen LogP contribution in [0.25, 0.3) is 0 Å². The summed E-state index contributed by atoms with van der Waals surface area (Å²) in [5.74, 6) is 0.143. The molecule has 3 aromatic rings. The van der Waals surface area contributed by atoms with E-state index >= 15 is 0 Å². The molecule has 9 heteroatoms. The van der Waals surface area contributed by atoms with Crippen LogP contribution in [0.3, 0.4) is 0 Å². The van der Waals surface area contributed by atoms with Crippen LogP contribution in [0.5, 0.6) is 0 Å². The summed E-state index contributed by atoms with van der Waals surface area (Å²) in [6, 6.07) is 9.30. The van der Waals surface area contributed by atoms with Crippen molar-refractivity contribution in [3.8, 4) is 0 Å². The van der Waals surface area contributed by atoms with E-state index in [0.717, 1.165) is 0 Å². The Kier molecular flexibility index (Phi) is 4.67. The van der Waals surface area contributed by atoms with E-state index in [2.05, 4.69) is 20.8 Å². The molecule has 3 rings (SSSR count). The Morgan fingerprint density at radius 3 is 3.04 bits per heavy atom. The van der Waals surface area contributed by atoms with Crippen LogP contribution >= 0.6 is 11.8 Å². The average Bonchev–Trinajstić information content (AvgIpc) is 3.18. The number of carbonyl (C=O) groups is 1. The van der Waals surface area contributed by atoms with Crippen molar-refractivity contribution in [1.82, 2.24) is 20.2 Å². The van der Waals surface area contributed by atoms with Crippen molar-refractivity contribution in [3.05, 3.63) is 54.2 Å². The maximum atomic E-state index is 13.1. The Bertz CT molecular complexity index is 790. The summed E-state index contributed by atoms with van der Waals surface area (Å²) >= 11 is 1.19. The molecule has 23 heavy (non-hydrogen) atoms. The molecule has 0 saturated heterocycles. The molecule has 2 aromatic heterocycles. The number of nitrogens with one attached hydrogen (secondary N) is 1. The van der Waals surface area contributed by atoms with Gasteiger partial charge in [-0.25, -0.2) is 9.07 Å². The fourth-order valence-electron chi connectivity index (χ4n) is 1.84. The number of nitrogens with zero attached hydrogens (tertiary/aromatic N) is 4. The van der Waals surface area contributed by atoms with Crippen LogP contribution in [0.4, 0.5) is 10.1 Å². The second-order valence-corrected chi connectivity index (χ2v) is 5.49.